The minimum Gasteiger partial charge on any atom is -0.383 e. The number of pyridine rings is 3. The van der Waals surface area contributed by atoms with E-state index >= 15 is 0 Å². The Balaban J connectivity index is 1.11. The Morgan fingerprint density at radius 2 is 1.81 bits per heavy atom. The summed E-state index contributed by atoms with van der Waals surface area (Å²) in [6, 6.07) is 31.6. The Labute approximate surface area is 285 Å². The van der Waals surface area contributed by atoms with Crippen molar-refractivity contribution in [2.45, 2.75) is 29.5 Å². The number of nitrogens with one attached hydrogen (secondary N) is 1. The minimum atomic E-state index is -0.175. The number of carbonyl (C=O) groups excluding carboxylic acids is 1. The van der Waals surface area contributed by atoms with Gasteiger partial charge in [0.05, 0.1) is 15.3 Å². The Hall–Kier alpha value is -5.19. The van der Waals surface area contributed by atoms with Crippen LogP contribution in [0.25, 0.3) is 39.5 Å². The summed E-state index contributed by atoms with van der Waals surface area (Å²) >= 11 is 2.46. The number of aromatic nitrogens is 5. The second kappa shape index (κ2) is 13.3. The summed E-state index contributed by atoms with van der Waals surface area (Å²) in [7, 11) is 0. The molecule has 1 amide bonds. The Kier molecular flexibility index (Phi) is 8.60. The number of alkyl halides is 1. The first-order valence-electron chi connectivity index (χ1n) is 15.3. The molecule has 3 N–H and O–H groups in total. The van der Waals surface area contributed by atoms with Crippen molar-refractivity contribution in [3.63, 3.8) is 0 Å². The van der Waals surface area contributed by atoms with Gasteiger partial charge in [0.2, 0.25) is 0 Å². The molecule has 1 saturated heterocycles. The Bertz CT molecular complexity index is 2110. The van der Waals surface area contributed by atoms with Gasteiger partial charge in [0.1, 0.15) is 23.1 Å². The molecule has 2 atom stereocenters. The van der Waals surface area contributed by atoms with Crippen molar-refractivity contribution in [1.29, 1.82) is 5.26 Å². The SMILES string of the molecule is N#Cc1cc(C(=O)NC2CCN(Cc3ccc(-n4c(-c5cccnc5N)nc5ccc(-c6ccccc6)nc54)cc3)C(I)C2)ccn1. The first kappa shape index (κ1) is 30.5. The van der Waals surface area contributed by atoms with E-state index in [0.29, 0.717) is 17.2 Å². The van der Waals surface area contributed by atoms with Gasteiger partial charge in [-0.3, -0.25) is 14.3 Å². The number of anilines is 1. The topological polar surface area (TPSA) is 139 Å². The van der Waals surface area contributed by atoms with E-state index in [1.807, 2.05) is 60.7 Å². The third kappa shape index (κ3) is 6.43. The van der Waals surface area contributed by atoms with Crippen molar-refractivity contribution in [1.82, 2.24) is 34.7 Å². The molecule has 2 unspecified atom stereocenters. The normalized spacial score (nSPS) is 16.5. The number of imidazole rings is 1. The van der Waals surface area contributed by atoms with Crippen LogP contribution in [0, 0.1) is 11.3 Å². The lowest BCUT2D eigenvalue weighted by atomic mass is 10.0. The quantitative estimate of drug-likeness (QED) is 0.113. The van der Waals surface area contributed by atoms with E-state index in [1.165, 1.54) is 17.8 Å². The lowest BCUT2D eigenvalue weighted by Crippen LogP contribution is -2.47. The highest BCUT2D eigenvalue weighted by Crippen LogP contribution is 2.32. The predicted octanol–water partition coefficient (Wildman–Crippen LogP) is 6.15. The first-order valence-corrected chi connectivity index (χ1v) is 16.5. The fourth-order valence-corrected chi connectivity index (χ4v) is 7.01. The molecule has 5 heterocycles. The van der Waals surface area contributed by atoms with Gasteiger partial charge in [-0.15, -0.1) is 0 Å². The number of rotatable bonds is 7. The van der Waals surface area contributed by atoms with Crippen molar-refractivity contribution in [2.24, 2.45) is 0 Å². The fourth-order valence-electron chi connectivity index (χ4n) is 5.92. The van der Waals surface area contributed by atoms with Gasteiger partial charge < -0.3 is 11.1 Å². The molecule has 1 aliphatic heterocycles. The summed E-state index contributed by atoms with van der Waals surface area (Å²) in [4.78, 5) is 33.5. The Morgan fingerprint density at radius 3 is 2.57 bits per heavy atom. The smallest absolute Gasteiger partial charge is 0.251 e. The maximum Gasteiger partial charge on any atom is 0.251 e. The van der Waals surface area contributed by atoms with Gasteiger partial charge in [-0.2, -0.15) is 5.26 Å². The van der Waals surface area contributed by atoms with Crippen LogP contribution in [-0.4, -0.2) is 51.9 Å². The number of piperidine rings is 1. The van der Waals surface area contributed by atoms with Gasteiger partial charge in [0, 0.05) is 48.3 Å². The average Bonchev–Trinajstić information content (AvgIpc) is 3.49. The number of nitrogens with two attached hydrogens (primary N) is 1. The van der Waals surface area contributed by atoms with E-state index in [2.05, 4.69) is 71.6 Å². The summed E-state index contributed by atoms with van der Waals surface area (Å²) < 4.78 is 2.30. The van der Waals surface area contributed by atoms with E-state index in [9.17, 15) is 4.79 Å². The van der Waals surface area contributed by atoms with E-state index in [1.54, 1.807) is 12.3 Å². The average molecular weight is 732 g/mol. The first-order chi connectivity index (χ1) is 23.0. The number of amides is 1. The van der Waals surface area contributed by atoms with E-state index in [4.69, 9.17) is 21.0 Å². The lowest BCUT2D eigenvalue weighted by molar-refractivity contribution is 0.0904. The molecule has 0 radical (unpaired) electrons. The highest BCUT2D eigenvalue weighted by Gasteiger charge is 2.28. The third-order valence-corrected chi connectivity index (χ3v) is 9.64. The number of benzene rings is 2. The van der Waals surface area contributed by atoms with Crippen molar-refractivity contribution in [3.05, 3.63) is 120 Å². The zero-order valence-electron chi connectivity index (χ0n) is 25.3. The van der Waals surface area contributed by atoms with Gasteiger partial charge in [0.15, 0.2) is 11.5 Å². The molecule has 232 valence electrons. The van der Waals surface area contributed by atoms with Crippen molar-refractivity contribution in [2.75, 3.05) is 12.3 Å². The number of hydrogen-bond acceptors (Lipinski definition) is 8. The van der Waals surface area contributed by atoms with Crippen LogP contribution in [0.4, 0.5) is 5.82 Å². The monoisotopic (exact) mass is 731 g/mol. The molecule has 2 aromatic carbocycles. The molecule has 0 bridgehead atoms. The molecule has 4 aromatic heterocycles. The minimum absolute atomic E-state index is 0.0582. The number of nitrogen functional groups attached to an aromatic ring is 1. The molecule has 0 saturated carbocycles. The zero-order chi connectivity index (χ0) is 32.3. The summed E-state index contributed by atoms with van der Waals surface area (Å²) in [6.45, 7) is 1.64. The van der Waals surface area contributed by atoms with Gasteiger partial charge in [-0.25, -0.2) is 19.9 Å². The summed E-state index contributed by atoms with van der Waals surface area (Å²) in [6.07, 6.45) is 4.83. The number of likely N-dealkylation sites (tertiary alicyclic amines) is 1. The third-order valence-electron chi connectivity index (χ3n) is 8.35. The van der Waals surface area contributed by atoms with Crippen LogP contribution in [0.1, 0.15) is 34.5 Å². The van der Waals surface area contributed by atoms with Crippen LogP contribution >= 0.6 is 22.6 Å². The molecule has 0 aliphatic carbocycles. The largest absolute Gasteiger partial charge is 0.383 e. The summed E-state index contributed by atoms with van der Waals surface area (Å²) in [5, 5.41) is 12.3. The van der Waals surface area contributed by atoms with E-state index in [-0.39, 0.29) is 21.7 Å². The van der Waals surface area contributed by atoms with Gasteiger partial charge >= 0.3 is 0 Å². The molecule has 1 aliphatic rings. The summed E-state index contributed by atoms with van der Waals surface area (Å²) in [5.41, 5.74) is 13.3. The number of nitrogens with zero attached hydrogens (tertiary/aromatic N) is 7. The van der Waals surface area contributed by atoms with Gasteiger partial charge in [-0.1, -0.05) is 65.1 Å². The van der Waals surface area contributed by atoms with E-state index in [0.717, 1.165) is 59.6 Å². The molecule has 10 nitrogen and oxygen atoms in total. The van der Waals surface area contributed by atoms with Crippen LogP contribution in [0.3, 0.4) is 0 Å². The molecule has 1 fully saturated rings. The molecular formula is C36H30IN9O. The number of halogens is 1. The van der Waals surface area contributed by atoms with Crippen LogP contribution in [-0.2, 0) is 6.54 Å². The number of hydrogen-bond donors (Lipinski definition) is 2. The molecule has 6 aromatic rings. The number of carbonyl (C=O) groups is 1. The molecule has 47 heavy (non-hydrogen) atoms. The predicted molar refractivity (Wildman–Crippen MR) is 190 cm³/mol. The molecular weight excluding hydrogens is 701 g/mol. The van der Waals surface area contributed by atoms with Crippen LogP contribution in [0.5, 0.6) is 0 Å². The van der Waals surface area contributed by atoms with Gasteiger partial charge in [-0.05, 0) is 66.9 Å². The highest BCUT2D eigenvalue weighted by molar-refractivity contribution is 14.1. The number of fused-ring (bicyclic) bond motifs is 1. The fraction of sp³-hybridized carbons (Fsp3) is 0.167. The zero-order valence-corrected chi connectivity index (χ0v) is 27.4. The van der Waals surface area contributed by atoms with Crippen LogP contribution in [0.15, 0.2) is 103 Å². The van der Waals surface area contributed by atoms with Crippen molar-refractivity contribution >= 4 is 45.5 Å². The van der Waals surface area contributed by atoms with Crippen LogP contribution in [0.2, 0.25) is 0 Å². The molecule has 11 heteroatoms. The molecule has 7 rings (SSSR count). The maximum absolute atomic E-state index is 12.8. The standard InChI is InChI=1S/C36H30IN9O/c37-32-20-26(42-36(47)25-14-17-40-27(19-25)21-38)15-18-45(32)22-23-8-10-28(11-9-23)46-34(29-7-4-16-41-33(29)39)44-31-13-12-30(43-35(31)46)24-5-2-1-3-6-24/h1-14,16-17,19,26,32H,15,18,20,22H2,(H2,39,41)(H,42,47). The second-order valence-electron chi connectivity index (χ2n) is 11.4. The second-order valence-corrected chi connectivity index (χ2v) is 12.9. The highest BCUT2D eigenvalue weighted by atomic mass is 127. The van der Waals surface area contributed by atoms with Gasteiger partial charge in [0.25, 0.3) is 5.91 Å². The number of nitriles is 1. The maximum atomic E-state index is 12.8. The Morgan fingerprint density at radius 1 is 0.979 bits per heavy atom. The summed E-state index contributed by atoms with van der Waals surface area (Å²) in [5.74, 6) is 0.916. The van der Waals surface area contributed by atoms with E-state index < -0.39 is 0 Å². The molecule has 0 spiro atoms. The van der Waals surface area contributed by atoms with Crippen LogP contribution < -0.4 is 11.1 Å². The lowest BCUT2D eigenvalue weighted by Gasteiger charge is -2.37. The van der Waals surface area contributed by atoms with Crippen molar-refractivity contribution < 1.29 is 4.79 Å². The van der Waals surface area contributed by atoms with Crippen molar-refractivity contribution in [3.8, 4) is 34.4 Å².